The topological polar surface area (TPSA) is 103 Å². The lowest BCUT2D eigenvalue weighted by Crippen LogP contribution is -2.40. The van der Waals surface area contributed by atoms with Crippen molar-refractivity contribution in [3.8, 4) is 0 Å². The van der Waals surface area contributed by atoms with E-state index in [1.807, 2.05) is 6.92 Å². The van der Waals surface area contributed by atoms with E-state index in [0.29, 0.717) is 18.8 Å². The molecule has 106 valence electrons. The molecule has 7 heteroatoms. The van der Waals surface area contributed by atoms with Gasteiger partial charge in [-0.25, -0.2) is 9.59 Å². The van der Waals surface area contributed by atoms with Gasteiger partial charge in [0.25, 0.3) is 0 Å². The fourth-order valence-corrected chi connectivity index (χ4v) is 1.47. The van der Waals surface area contributed by atoms with Crippen molar-refractivity contribution in [2.24, 2.45) is 0 Å². The molecule has 0 unspecified atom stereocenters. The predicted molar refractivity (Wildman–Crippen MR) is 66.5 cm³/mol. The molecule has 1 atom stereocenters. The number of hydrogen-bond acceptors (Lipinski definition) is 4. The minimum Gasteiger partial charge on any atom is -0.479 e. The highest BCUT2D eigenvalue weighted by molar-refractivity contribution is 5.74. The Morgan fingerprint density at radius 3 is 2.79 bits per heavy atom. The zero-order valence-electron chi connectivity index (χ0n) is 10.7. The minimum atomic E-state index is -1.46. The van der Waals surface area contributed by atoms with Crippen LogP contribution in [0.2, 0.25) is 0 Å². The highest BCUT2D eigenvalue weighted by Gasteiger charge is 2.16. The molecule has 0 saturated heterocycles. The third-order valence-electron chi connectivity index (χ3n) is 2.57. The Kier molecular flexibility index (Phi) is 5.87. The van der Waals surface area contributed by atoms with Crippen LogP contribution in [0.25, 0.3) is 0 Å². The summed E-state index contributed by atoms with van der Waals surface area (Å²) in [6, 6.07) is 3.19. The monoisotopic (exact) mass is 270 g/mol. The van der Waals surface area contributed by atoms with Gasteiger partial charge in [-0.05, 0) is 19.1 Å². The number of nitrogens with one attached hydrogen (secondary N) is 1. The molecule has 7 nitrogen and oxygen atoms in total. The van der Waals surface area contributed by atoms with Crippen molar-refractivity contribution in [1.29, 1.82) is 0 Å². The second-order valence-corrected chi connectivity index (χ2v) is 3.97. The molecule has 1 heterocycles. The van der Waals surface area contributed by atoms with Crippen LogP contribution in [-0.2, 0) is 11.3 Å². The summed E-state index contributed by atoms with van der Waals surface area (Å²) in [6.07, 6.45) is 0.0457. The number of carboxylic acid groups (broad SMARTS) is 1. The standard InChI is InChI=1S/C12H18N2O5/c1-2-14(8-9-4-3-7-19-9)12(18)13-6-5-10(15)11(16)17/h3-4,7,10,15H,2,5-6,8H2,1H3,(H,13,18)(H,16,17)/t10-/m0/s1. The van der Waals surface area contributed by atoms with Crippen LogP contribution in [0.3, 0.4) is 0 Å². The number of aliphatic hydroxyl groups is 1. The number of carbonyl (C=O) groups is 2. The lowest BCUT2D eigenvalue weighted by atomic mass is 10.2. The number of amides is 2. The zero-order valence-corrected chi connectivity index (χ0v) is 10.7. The Labute approximate surface area is 110 Å². The van der Waals surface area contributed by atoms with Crippen LogP contribution in [0.1, 0.15) is 19.1 Å². The van der Waals surface area contributed by atoms with Gasteiger partial charge in [-0.1, -0.05) is 0 Å². The van der Waals surface area contributed by atoms with Crippen molar-refractivity contribution in [1.82, 2.24) is 10.2 Å². The quantitative estimate of drug-likeness (QED) is 0.675. The van der Waals surface area contributed by atoms with Crippen molar-refractivity contribution in [2.75, 3.05) is 13.1 Å². The normalized spacial score (nSPS) is 11.9. The molecule has 0 fully saturated rings. The molecule has 0 bridgehead atoms. The van der Waals surface area contributed by atoms with Gasteiger partial charge in [0.05, 0.1) is 12.8 Å². The van der Waals surface area contributed by atoms with Gasteiger partial charge in [0.2, 0.25) is 0 Å². The lowest BCUT2D eigenvalue weighted by molar-refractivity contribution is -0.146. The van der Waals surface area contributed by atoms with Crippen LogP contribution < -0.4 is 5.32 Å². The molecule has 0 spiro atoms. The molecule has 1 aromatic rings. The van der Waals surface area contributed by atoms with Crippen LogP contribution in [-0.4, -0.2) is 46.3 Å². The van der Waals surface area contributed by atoms with E-state index in [9.17, 15) is 9.59 Å². The largest absolute Gasteiger partial charge is 0.479 e. The van der Waals surface area contributed by atoms with Gasteiger partial charge in [0.15, 0.2) is 6.10 Å². The highest BCUT2D eigenvalue weighted by Crippen LogP contribution is 2.05. The predicted octanol–water partition coefficient (Wildman–Crippen LogP) is 0.647. The number of aliphatic carboxylic acids is 1. The van der Waals surface area contributed by atoms with Crippen LogP contribution in [0, 0.1) is 0 Å². The Morgan fingerprint density at radius 2 is 2.26 bits per heavy atom. The number of urea groups is 1. The van der Waals surface area contributed by atoms with Crippen molar-refractivity contribution in [3.05, 3.63) is 24.2 Å². The van der Waals surface area contributed by atoms with Crippen LogP contribution >= 0.6 is 0 Å². The van der Waals surface area contributed by atoms with Crippen molar-refractivity contribution in [3.63, 3.8) is 0 Å². The maximum Gasteiger partial charge on any atom is 0.332 e. The molecular weight excluding hydrogens is 252 g/mol. The van der Waals surface area contributed by atoms with Crippen LogP contribution in [0.5, 0.6) is 0 Å². The van der Waals surface area contributed by atoms with Gasteiger partial charge < -0.3 is 24.8 Å². The van der Waals surface area contributed by atoms with E-state index in [1.54, 1.807) is 12.1 Å². The molecule has 19 heavy (non-hydrogen) atoms. The van der Waals surface area contributed by atoms with E-state index >= 15 is 0 Å². The van der Waals surface area contributed by atoms with Crippen molar-refractivity contribution >= 4 is 12.0 Å². The number of carboxylic acids is 1. The van der Waals surface area contributed by atoms with Crippen molar-refractivity contribution < 1.29 is 24.2 Å². The molecule has 0 aromatic carbocycles. The molecule has 2 amide bonds. The van der Waals surface area contributed by atoms with Gasteiger partial charge >= 0.3 is 12.0 Å². The minimum absolute atomic E-state index is 0.0284. The first-order chi connectivity index (χ1) is 9.04. The van der Waals surface area contributed by atoms with Crippen LogP contribution in [0.15, 0.2) is 22.8 Å². The molecule has 0 radical (unpaired) electrons. The number of aliphatic hydroxyl groups excluding tert-OH is 1. The summed E-state index contributed by atoms with van der Waals surface area (Å²) in [5.74, 6) is -0.625. The Hall–Kier alpha value is -2.02. The number of rotatable bonds is 7. The summed E-state index contributed by atoms with van der Waals surface area (Å²) in [6.45, 7) is 2.76. The molecule has 1 aromatic heterocycles. The summed E-state index contributed by atoms with van der Waals surface area (Å²) in [4.78, 5) is 23.7. The van der Waals surface area contributed by atoms with E-state index < -0.39 is 12.1 Å². The second-order valence-electron chi connectivity index (χ2n) is 3.97. The first-order valence-electron chi connectivity index (χ1n) is 6.00. The second kappa shape index (κ2) is 7.42. The smallest absolute Gasteiger partial charge is 0.332 e. The molecule has 0 saturated carbocycles. The molecular formula is C12H18N2O5. The number of hydrogen-bond donors (Lipinski definition) is 3. The summed E-state index contributed by atoms with van der Waals surface area (Å²) >= 11 is 0. The van der Waals surface area contributed by atoms with Gasteiger partial charge in [-0.15, -0.1) is 0 Å². The maximum absolute atomic E-state index is 11.8. The zero-order chi connectivity index (χ0) is 14.3. The fourth-order valence-electron chi connectivity index (χ4n) is 1.47. The average Bonchev–Trinajstić information content (AvgIpc) is 2.88. The number of furan rings is 1. The Morgan fingerprint density at radius 1 is 1.53 bits per heavy atom. The van der Waals surface area contributed by atoms with Gasteiger partial charge in [0, 0.05) is 19.5 Å². The third kappa shape index (κ3) is 5.01. The molecule has 3 N–H and O–H groups in total. The third-order valence-corrected chi connectivity index (χ3v) is 2.57. The Bertz CT molecular complexity index is 404. The van der Waals surface area contributed by atoms with E-state index in [1.165, 1.54) is 11.2 Å². The molecule has 0 aliphatic heterocycles. The maximum atomic E-state index is 11.8. The fraction of sp³-hybridized carbons (Fsp3) is 0.500. The summed E-state index contributed by atoms with van der Waals surface area (Å²) < 4.78 is 5.15. The van der Waals surface area contributed by atoms with Crippen LogP contribution in [0.4, 0.5) is 4.79 Å². The lowest BCUT2D eigenvalue weighted by Gasteiger charge is -2.20. The molecule has 0 aliphatic carbocycles. The van der Waals surface area contributed by atoms with Gasteiger partial charge in [-0.3, -0.25) is 0 Å². The SMILES string of the molecule is CCN(Cc1ccco1)C(=O)NCC[C@H](O)C(=O)O. The van der Waals surface area contributed by atoms with Gasteiger partial charge in [-0.2, -0.15) is 0 Å². The molecule has 1 rings (SSSR count). The summed E-state index contributed by atoms with van der Waals surface area (Å²) in [5.41, 5.74) is 0. The number of nitrogens with zero attached hydrogens (tertiary/aromatic N) is 1. The Balaban J connectivity index is 2.35. The van der Waals surface area contributed by atoms with E-state index in [0.717, 1.165) is 0 Å². The summed E-state index contributed by atoms with van der Waals surface area (Å²) in [5, 5.41) is 20.1. The number of carbonyl (C=O) groups excluding carboxylic acids is 1. The average molecular weight is 270 g/mol. The first kappa shape index (κ1) is 15.0. The highest BCUT2D eigenvalue weighted by atomic mass is 16.4. The van der Waals surface area contributed by atoms with E-state index in [4.69, 9.17) is 14.6 Å². The first-order valence-corrected chi connectivity index (χ1v) is 6.00. The van der Waals surface area contributed by atoms with E-state index in [2.05, 4.69) is 5.32 Å². The van der Waals surface area contributed by atoms with E-state index in [-0.39, 0.29) is 19.0 Å². The van der Waals surface area contributed by atoms with Crippen molar-refractivity contribution in [2.45, 2.75) is 26.0 Å². The summed E-state index contributed by atoms with van der Waals surface area (Å²) in [7, 11) is 0. The molecule has 0 aliphatic rings. The van der Waals surface area contributed by atoms with Gasteiger partial charge in [0.1, 0.15) is 5.76 Å².